The molecule has 0 aliphatic carbocycles. The topological polar surface area (TPSA) is 56.7 Å². The molecule has 0 aliphatic heterocycles. The molecule has 0 bridgehead atoms. The number of nitrogens with zero attached hydrogens (tertiary/aromatic N) is 3. The molecule has 0 fully saturated rings. The molecule has 90 valence electrons. The summed E-state index contributed by atoms with van der Waals surface area (Å²) < 4.78 is 1.90. The number of hydrogen-bond donors (Lipinski definition) is 1. The second-order valence-electron chi connectivity index (χ2n) is 3.91. The number of nitrogens with two attached hydrogens (primary N) is 1. The lowest BCUT2D eigenvalue weighted by molar-refractivity contribution is 0.698. The third kappa shape index (κ3) is 2.87. The minimum Gasteiger partial charge on any atom is -0.324 e. The van der Waals surface area contributed by atoms with Gasteiger partial charge in [-0.15, -0.1) is 10.2 Å². The van der Waals surface area contributed by atoms with Crippen molar-refractivity contribution in [2.24, 2.45) is 12.8 Å². The van der Waals surface area contributed by atoms with Gasteiger partial charge < -0.3 is 10.3 Å². The van der Waals surface area contributed by atoms with Crippen molar-refractivity contribution in [2.45, 2.75) is 29.4 Å². The van der Waals surface area contributed by atoms with E-state index in [1.165, 1.54) is 5.56 Å². The van der Waals surface area contributed by atoms with E-state index < -0.39 is 0 Å². The molecule has 0 aliphatic rings. The molecule has 1 atom stereocenters. The molecule has 2 N–H and O–H groups in total. The Morgan fingerprint density at radius 3 is 2.59 bits per heavy atom. The highest BCUT2D eigenvalue weighted by atomic mass is 32.2. The summed E-state index contributed by atoms with van der Waals surface area (Å²) >= 11 is 1.60. The van der Waals surface area contributed by atoms with Gasteiger partial charge in [0.2, 0.25) is 0 Å². The molecule has 0 saturated heterocycles. The summed E-state index contributed by atoms with van der Waals surface area (Å²) in [5, 5.41) is 8.77. The van der Waals surface area contributed by atoms with E-state index in [2.05, 4.69) is 41.4 Å². The summed E-state index contributed by atoms with van der Waals surface area (Å²) in [5.41, 5.74) is 7.15. The number of hydrogen-bond acceptors (Lipinski definition) is 4. The fourth-order valence-electron chi connectivity index (χ4n) is 1.49. The molecule has 1 heterocycles. The van der Waals surface area contributed by atoms with Crippen molar-refractivity contribution in [3.63, 3.8) is 0 Å². The van der Waals surface area contributed by atoms with Crippen LogP contribution in [0.1, 0.15) is 24.9 Å². The lowest BCUT2D eigenvalue weighted by Crippen LogP contribution is -2.07. The standard InChI is InChI=1S/C12H16N4S/c1-3-11(13)9-4-6-10(7-5-9)17-12-15-14-8-16(12)2/h4-8,11H,3,13H2,1-2H3. The van der Waals surface area contributed by atoms with Gasteiger partial charge in [-0.2, -0.15) is 0 Å². The van der Waals surface area contributed by atoms with Gasteiger partial charge in [-0.05, 0) is 35.9 Å². The Kier molecular flexibility index (Phi) is 3.81. The van der Waals surface area contributed by atoms with E-state index in [9.17, 15) is 0 Å². The fourth-order valence-corrected chi connectivity index (χ4v) is 2.25. The predicted octanol–water partition coefficient (Wildman–Crippen LogP) is 2.38. The summed E-state index contributed by atoms with van der Waals surface area (Å²) in [6, 6.07) is 8.43. The van der Waals surface area contributed by atoms with E-state index >= 15 is 0 Å². The van der Waals surface area contributed by atoms with Crippen molar-refractivity contribution in [1.29, 1.82) is 0 Å². The van der Waals surface area contributed by atoms with E-state index in [0.717, 1.165) is 16.5 Å². The van der Waals surface area contributed by atoms with Crippen LogP contribution in [0.3, 0.4) is 0 Å². The Bertz CT molecular complexity index is 478. The number of rotatable bonds is 4. The third-order valence-corrected chi connectivity index (χ3v) is 3.69. The van der Waals surface area contributed by atoms with Gasteiger partial charge in [0, 0.05) is 18.0 Å². The van der Waals surface area contributed by atoms with E-state index in [0.29, 0.717) is 0 Å². The zero-order valence-electron chi connectivity index (χ0n) is 10.00. The molecule has 1 unspecified atom stereocenters. The van der Waals surface area contributed by atoms with Crippen LogP contribution in [0.25, 0.3) is 0 Å². The first kappa shape index (κ1) is 12.1. The van der Waals surface area contributed by atoms with E-state index in [1.807, 2.05) is 11.6 Å². The van der Waals surface area contributed by atoms with Crippen LogP contribution < -0.4 is 5.73 Å². The largest absolute Gasteiger partial charge is 0.324 e. The maximum Gasteiger partial charge on any atom is 0.195 e. The minimum absolute atomic E-state index is 0.129. The maximum absolute atomic E-state index is 5.97. The van der Waals surface area contributed by atoms with E-state index in [-0.39, 0.29) is 6.04 Å². The Labute approximate surface area is 105 Å². The van der Waals surface area contributed by atoms with Crippen LogP contribution >= 0.6 is 11.8 Å². The number of aryl methyl sites for hydroxylation is 1. The quantitative estimate of drug-likeness (QED) is 0.902. The van der Waals surface area contributed by atoms with Crippen LogP contribution in [0.15, 0.2) is 40.6 Å². The average molecular weight is 248 g/mol. The molecule has 17 heavy (non-hydrogen) atoms. The molecule has 5 heteroatoms. The fraction of sp³-hybridized carbons (Fsp3) is 0.333. The van der Waals surface area contributed by atoms with E-state index in [4.69, 9.17) is 5.73 Å². The van der Waals surface area contributed by atoms with Gasteiger partial charge in [-0.25, -0.2) is 0 Å². The summed E-state index contributed by atoms with van der Waals surface area (Å²) in [6.45, 7) is 2.09. The molecule has 0 radical (unpaired) electrons. The molecule has 4 nitrogen and oxygen atoms in total. The zero-order valence-corrected chi connectivity index (χ0v) is 10.8. The van der Waals surface area contributed by atoms with Crippen LogP contribution in [-0.2, 0) is 7.05 Å². The third-order valence-electron chi connectivity index (χ3n) is 2.63. The van der Waals surface area contributed by atoms with Crippen LogP contribution in [0.2, 0.25) is 0 Å². The van der Waals surface area contributed by atoms with Crippen LogP contribution in [0, 0.1) is 0 Å². The van der Waals surface area contributed by atoms with Gasteiger partial charge in [0.1, 0.15) is 6.33 Å². The number of aromatic nitrogens is 3. The van der Waals surface area contributed by atoms with Crippen molar-refractivity contribution in [3.05, 3.63) is 36.2 Å². The van der Waals surface area contributed by atoms with Gasteiger partial charge in [-0.3, -0.25) is 0 Å². The van der Waals surface area contributed by atoms with Crippen LogP contribution in [-0.4, -0.2) is 14.8 Å². The lowest BCUT2D eigenvalue weighted by atomic mass is 10.1. The zero-order chi connectivity index (χ0) is 12.3. The van der Waals surface area contributed by atoms with Crippen molar-refractivity contribution >= 4 is 11.8 Å². The van der Waals surface area contributed by atoms with Gasteiger partial charge in [0.25, 0.3) is 0 Å². The summed E-state index contributed by atoms with van der Waals surface area (Å²) in [6.07, 6.45) is 2.65. The van der Waals surface area contributed by atoms with Gasteiger partial charge >= 0.3 is 0 Å². The highest BCUT2D eigenvalue weighted by Gasteiger charge is 2.05. The lowest BCUT2D eigenvalue weighted by Gasteiger charge is -2.09. The second-order valence-corrected chi connectivity index (χ2v) is 4.95. The van der Waals surface area contributed by atoms with Gasteiger partial charge in [0.15, 0.2) is 5.16 Å². The molecule has 0 saturated carbocycles. The highest BCUT2D eigenvalue weighted by Crippen LogP contribution is 2.26. The molecular formula is C12H16N4S. The molecule has 0 amide bonds. The second kappa shape index (κ2) is 5.33. The van der Waals surface area contributed by atoms with Crippen LogP contribution in [0.5, 0.6) is 0 Å². The Hall–Kier alpha value is -1.33. The Morgan fingerprint density at radius 1 is 1.35 bits per heavy atom. The van der Waals surface area contributed by atoms with E-state index in [1.54, 1.807) is 18.1 Å². The molecule has 1 aromatic carbocycles. The predicted molar refractivity (Wildman–Crippen MR) is 68.8 cm³/mol. The summed E-state index contributed by atoms with van der Waals surface area (Å²) in [7, 11) is 1.93. The molecule has 2 aromatic rings. The number of benzene rings is 1. The smallest absolute Gasteiger partial charge is 0.195 e. The maximum atomic E-state index is 5.97. The first-order chi connectivity index (χ1) is 8.20. The average Bonchev–Trinajstić information content (AvgIpc) is 2.75. The van der Waals surface area contributed by atoms with Crippen molar-refractivity contribution in [2.75, 3.05) is 0 Å². The van der Waals surface area contributed by atoms with Gasteiger partial charge in [-0.1, -0.05) is 19.1 Å². The Morgan fingerprint density at radius 2 is 2.06 bits per heavy atom. The molecular weight excluding hydrogens is 232 g/mol. The van der Waals surface area contributed by atoms with Crippen molar-refractivity contribution < 1.29 is 0 Å². The van der Waals surface area contributed by atoms with Crippen molar-refractivity contribution in [1.82, 2.24) is 14.8 Å². The summed E-state index contributed by atoms with van der Waals surface area (Å²) in [5.74, 6) is 0. The normalized spacial score (nSPS) is 12.6. The monoisotopic (exact) mass is 248 g/mol. The first-order valence-electron chi connectivity index (χ1n) is 5.58. The SMILES string of the molecule is CCC(N)c1ccc(Sc2nncn2C)cc1. The van der Waals surface area contributed by atoms with Crippen molar-refractivity contribution in [3.8, 4) is 0 Å². The van der Waals surface area contributed by atoms with Crippen LogP contribution in [0.4, 0.5) is 0 Å². The molecule has 2 rings (SSSR count). The highest BCUT2D eigenvalue weighted by molar-refractivity contribution is 7.99. The first-order valence-corrected chi connectivity index (χ1v) is 6.39. The molecule has 0 spiro atoms. The minimum atomic E-state index is 0.129. The summed E-state index contributed by atoms with van der Waals surface area (Å²) in [4.78, 5) is 1.15. The van der Waals surface area contributed by atoms with Gasteiger partial charge in [0.05, 0.1) is 0 Å². The molecule has 1 aromatic heterocycles. The Balaban J connectivity index is 2.11.